The van der Waals surface area contributed by atoms with Crippen molar-refractivity contribution in [3.63, 3.8) is 0 Å². The average molecular weight is 353 g/mol. The van der Waals surface area contributed by atoms with Crippen LogP contribution in [0.15, 0.2) is 42.7 Å². The molecule has 1 heterocycles. The third kappa shape index (κ3) is 3.30. The maximum atomic E-state index is 13.4. The van der Waals surface area contributed by atoms with Gasteiger partial charge in [-0.1, -0.05) is 23.2 Å². The van der Waals surface area contributed by atoms with Gasteiger partial charge in [0.1, 0.15) is 17.9 Å². The number of hydrogen-bond acceptors (Lipinski definition) is 5. The second-order valence-electron chi connectivity index (χ2n) is 4.38. The van der Waals surface area contributed by atoms with Crippen LogP contribution in [0.4, 0.5) is 4.39 Å². The van der Waals surface area contributed by atoms with Crippen LogP contribution >= 0.6 is 23.2 Å². The lowest BCUT2D eigenvalue weighted by molar-refractivity contribution is 0.0734. The third-order valence-electron chi connectivity index (χ3n) is 2.89. The molecule has 0 fully saturated rings. The number of aromatic nitrogens is 4. The van der Waals surface area contributed by atoms with Crippen molar-refractivity contribution < 1.29 is 13.9 Å². The summed E-state index contributed by atoms with van der Waals surface area (Å²) in [5, 5.41) is 10.6. The number of benzene rings is 2. The standard InChI is InChI=1S/C14H7Cl2FN4O2/c15-11-6-12(16)13(17)5-10(11)14(22)23-9-3-1-8(2-4-9)21-7-18-19-20-21/h1-7H. The molecular weight excluding hydrogens is 346 g/mol. The number of tetrazole rings is 1. The summed E-state index contributed by atoms with van der Waals surface area (Å²) in [6, 6.07) is 8.49. The molecule has 0 radical (unpaired) electrons. The molecular formula is C14H7Cl2FN4O2. The van der Waals surface area contributed by atoms with Gasteiger partial charge in [0.15, 0.2) is 0 Å². The van der Waals surface area contributed by atoms with Crippen LogP contribution < -0.4 is 4.74 Å². The Bertz CT molecular complexity index is 854. The van der Waals surface area contributed by atoms with Crippen LogP contribution in [-0.2, 0) is 0 Å². The van der Waals surface area contributed by atoms with Gasteiger partial charge in [-0.05, 0) is 46.8 Å². The zero-order valence-electron chi connectivity index (χ0n) is 11.3. The largest absolute Gasteiger partial charge is 0.423 e. The van der Waals surface area contributed by atoms with E-state index >= 15 is 0 Å². The average Bonchev–Trinajstić information content (AvgIpc) is 3.06. The molecule has 6 nitrogen and oxygen atoms in total. The highest BCUT2D eigenvalue weighted by Crippen LogP contribution is 2.25. The number of carbonyl (C=O) groups excluding carboxylic acids is 1. The van der Waals surface area contributed by atoms with Gasteiger partial charge in [0.25, 0.3) is 0 Å². The van der Waals surface area contributed by atoms with Gasteiger partial charge in [0.05, 0.1) is 21.3 Å². The summed E-state index contributed by atoms with van der Waals surface area (Å²) in [4.78, 5) is 12.1. The molecule has 3 aromatic rings. The Balaban J connectivity index is 1.79. The highest BCUT2D eigenvalue weighted by atomic mass is 35.5. The summed E-state index contributed by atoms with van der Waals surface area (Å²) >= 11 is 11.5. The van der Waals surface area contributed by atoms with E-state index in [1.54, 1.807) is 24.3 Å². The Morgan fingerprint density at radius 1 is 1.13 bits per heavy atom. The number of hydrogen-bond donors (Lipinski definition) is 0. The van der Waals surface area contributed by atoms with Crippen LogP contribution in [0.5, 0.6) is 5.75 Å². The molecule has 3 rings (SSSR count). The van der Waals surface area contributed by atoms with Gasteiger partial charge >= 0.3 is 5.97 Å². The van der Waals surface area contributed by atoms with Gasteiger partial charge < -0.3 is 4.74 Å². The summed E-state index contributed by atoms with van der Waals surface area (Å²) in [5.41, 5.74) is 0.573. The Labute approximate surface area is 139 Å². The summed E-state index contributed by atoms with van der Waals surface area (Å²) in [7, 11) is 0. The van der Waals surface area contributed by atoms with Crippen molar-refractivity contribution in [2.24, 2.45) is 0 Å². The van der Waals surface area contributed by atoms with Gasteiger partial charge in [-0.2, -0.15) is 0 Å². The third-order valence-corrected chi connectivity index (χ3v) is 3.49. The zero-order chi connectivity index (χ0) is 16.4. The molecule has 0 atom stereocenters. The van der Waals surface area contributed by atoms with E-state index in [-0.39, 0.29) is 21.4 Å². The Morgan fingerprint density at radius 2 is 1.87 bits per heavy atom. The van der Waals surface area contributed by atoms with Gasteiger partial charge in [0.2, 0.25) is 0 Å². The van der Waals surface area contributed by atoms with Crippen molar-refractivity contribution in [1.82, 2.24) is 20.2 Å². The van der Waals surface area contributed by atoms with Crippen LogP contribution in [-0.4, -0.2) is 26.2 Å². The SMILES string of the molecule is O=C(Oc1ccc(-n2cnnn2)cc1)c1cc(F)c(Cl)cc1Cl. The Hall–Kier alpha value is -2.51. The minimum atomic E-state index is -0.791. The highest BCUT2D eigenvalue weighted by Gasteiger charge is 2.16. The molecule has 0 saturated carbocycles. The molecule has 0 N–H and O–H groups in total. The van der Waals surface area contributed by atoms with E-state index in [4.69, 9.17) is 27.9 Å². The van der Waals surface area contributed by atoms with Crippen LogP contribution in [0.1, 0.15) is 10.4 Å². The van der Waals surface area contributed by atoms with E-state index < -0.39 is 11.8 Å². The molecule has 9 heteroatoms. The van der Waals surface area contributed by atoms with Gasteiger partial charge in [-0.15, -0.1) is 5.10 Å². The van der Waals surface area contributed by atoms with Crippen LogP contribution in [0.2, 0.25) is 10.0 Å². The van der Waals surface area contributed by atoms with Crippen molar-refractivity contribution >= 4 is 29.2 Å². The van der Waals surface area contributed by atoms with Crippen LogP contribution in [0, 0.1) is 5.82 Å². The van der Waals surface area contributed by atoms with E-state index in [0.717, 1.165) is 12.1 Å². The first-order valence-electron chi connectivity index (χ1n) is 6.25. The van der Waals surface area contributed by atoms with E-state index in [2.05, 4.69) is 15.5 Å². The van der Waals surface area contributed by atoms with E-state index in [0.29, 0.717) is 5.69 Å². The first kappa shape index (κ1) is 15.4. The van der Waals surface area contributed by atoms with Crippen molar-refractivity contribution in [2.75, 3.05) is 0 Å². The summed E-state index contributed by atoms with van der Waals surface area (Å²) in [6.45, 7) is 0. The van der Waals surface area contributed by atoms with Crippen molar-refractivity contribution in [1.29, 1.82) is 0 Å². The summed E-state index contributed by atoms with van der Waals surface area (Å²) in [5.74, 6) is -1.28. The molecule has 0 bridgehead atoms. The first-order valence-corrected chi connectivity index (χ1v) is 7.00. The minimum Gasteiger partial charge on any atom is -0.423 e. The molecule has 0 aliphatic rings. The lowest BCUT2D eigenvalue weighted by Gasteiger charge is -2.07. The lowest BCUT2D eigenvalue weighted by Crippen LogP contribution is -2.10. The minimum absolute atomic E-state index is 0.00621. The zero-order valence-corrected chi connectivity index (χ0v) is 12.8. The molecule has 0 saturated heterocycles. The molecule has 0 unspecified atom stereocenters. The molecule has 0 amide bonds. The molecule has 0 aliphatic heterocycles. The van der Waals surface area contributed by atoms with Gasteiger partial charge in [0, 0.05) is 0 Å². The van der Waals surface area contributed by atoms with Crippen LogP contribution in [0.25, 0.3) is 5.69 Å². The van der Waals surface area contributed by atoms with Gasteiger partial charge in [-0.3, -0.25) is 0 Å². The fourth-order valence-corrected chi connectivity index (χ4v) is 2.25. The summed E-state index contributed by atoms with van der Waals surface area (Å²) in [6.07, 6.45) is 1.43. The molecule has 0 aliphatic carbocycles. The predicted molar refractivity (Wildman–Crippen MR) is 80.5 cm³/mol. The predicted octanol–water partition coefficient (Wildman–Crippen LogP) is 3.33. The number of halogens is 3. The maximum Gasteiger partial charge on any atom is 0.345 e. The van der Waals surface area contributed by atoms with Crippen molar-refractivity contribution in [2.45, 2.75) is 0 Å². The highest BCUT2D eigenvalue weighted by molar-refractivity contribution is 6.36. The Morgan fingerprint density at radius 3 is 2.52 bits per heavy atom. The number of ether oxygens (including phenoxy) is 1. The lowest BCUT2D eigenvalue weighted by atomic mass is 10.2. The maximum absolute atomic E-state index is 13.4. The fourth-order valence-electron chi connectivity index (χ4n) is 1.79. The second-order valence-corrected chi connectivity index (χ2v) is 5.20. The number of rotatable bonds is 3. The molecule has 1 aromatic heterocycles. The van der Waals surface area contributed by atoms with Crippen molar-refractivity contribution in [3.8, 4) is 11.4 Å². The molecule has 0 spiro atoms. The molecule has 2 aromatic carbocycles. The topological polar surface area (TPSA) is 69.9 Å². The normalized spacial score (nSPS) is 10.6. The smallest absolute Gasteiger partial charge is 0.345 e. The monoisotopic (exact) mass is 352 g/mol. The number of nitrogens with zero attached hydrogens (tertiary/aromatic N) is 4. The Kier molecular flexibility index (Phi) is 4.22. The fraction of sp³-hybridized carbons (Fsp3) is 0. The first-order chi connectivity index (χ1) is 11.0. The van der Waals surface area contributed by atoms with E-state index in [1.165, 1.54) is 11.0 Å². The number of carbonyl (C=O) groups is 1. The van der Waals surface area contributed by atoms with Crippen LogP contribution in [0.3, 0.4) is 0 Å². The van der Waals surface area contributed by atoms with Gasteiger partial charge in [-0.25, -0.2) is 13.9 Å². The number of esters is 1. The molecule has 23 heavy (non-hydrogen) atoms. The quantitative estimate of drug-likeness (QED) is 0.410. The summed E-state index contributed by atoms with van der Waals surface area (Å²) < 4.78 is 20.0. The van der Waals surface area contributed by atoms with E-state index in [1.807, 2.05) is 0 Å². The van der Waals surface area contributed by atoms with E-state index in [9.17, 15) is 9.18 Å². The van der Waals surface area contributed by atoms with Crippen molar-refractivity contribution in [3.05, 3.63) is 64.2 Å². The second kappa shape index (κ2) is 6.31. The molecule has 116 valence electrons.